The van der Waals surface area contributed by atoms with E-state index < -0.39 is 18.5 Å². The lowest BCUT2D eigenvalue weighted by Gasteiger charge is -2.10. The third kappa shape index (κ3) is 6.34. The van der Waals surface area contributed by atoms with Crippen molar-refractivity contribution in [3.05, 3.63) is 57.6 Å². The molecule has 27 heavy (non-hydrogen) atoms. The average molecular weight is 412 g/mol. The minimum absolute atomic E-state index is 0.186. The summed E-state index contributed by atoms with van der Waals surface area (Å²) in [6.07, 6.45) is 0.587. The SMILES string of the molecule is COc1ccc(CCNC(=O)COC(=O)c2cc(Cl)cc(Cl)c2)cc1OC. The maximum atomic E-state index is 11.9. The van der Waals surface area contributed by atoms with E-state index in [1.807, 2.05) is 12.1 Å². The molecule has 2 aromatic rings. The maximum absolute atomic E-state index is 11.9. The topological polar surface area (TPSA) is 73.9 Å². The molecule has 8 heteroatoms. The summed E-state index contributed by atoms with van der Waals surface area (Å²) in [5.74, 6) is 0.181. The molecule has 0 aromatic heterocycles. The second-order valence-corrected chi connectivity index (χ2v) is 6.40. The van der Waals surface area contributed by atoms with Crippen LogP contribution in [0.2, 0.25) is 10.0 Å². The molecule has 2 rings (SSSR count). The number of ether oxygens (including phenoxy) is 3. The molecule has 0 fully saturated rings. The Bertz CT molecular complexity index is 805. The molecule has 0 aliphatic carbocycles. The molecule has 0 saturated heterocycles. The molecule has 0 radical (unpaired) electrons. The van der Waals surface area contributed by atoms with Gasteiger partial charge < -0.3 is 19.5 Å². The Labute approximate surface area is 167 Å². The Balaban J connectivity index is 1.78. The quantitative estimate of drug-likeness (QED) is 0.672. The lowest BCUT2D eigenvalue weighted by Crippen LogP contribution is -2.30. The van der Waals surface area contributed by atoms with Gasteiger partial charge in [0.05, 0.1) is 19.8 Å². The molecule has 0 saturated carbocycles. The van der Waals surface area contributed by atoms with Gasteiger partial charge in [0.25, 0.3) is 5.91 Å². The van der Waals surface area contributed by atoms with Crippen molar-refractivity contribution in [2.75, 3.05) is 27.4 Å². The first-order valence-electron chi connectivity index (χ1n) is 8.03. The monoisotopic (exact) mass is 411 g/mol. The van der Waals surface area contributed by atoms with Crippen LogP contribution < -0.4 is 14.8 Å². The first kappa shape index (κ1) is 20.9. The van der Waals surface area contributed by atoms with Crippen molar-refractivity contribution in [2.24, 2.45) is 0 Å². The molecule has 0 atom stereocenters. The number of amides is 1. The summed E-state index contributed by atoms with van der Waals surface area (Å²) in [7, 11) is 3.13. The zero-order chi connectivity index (χ0) is 19.8. The van der Waals surface area contributed by atoms with E-state index in [-0.39, 0.29) is 5.56 Å². The van der Waals surface area contributed by atoms with E-state index >= 15 is 0 Å². The fourth-order valence-electron chi connectivity index (χ4n) is 2.32. The van der Waals surface area contributed by atoms with Gasteiger partial charge in [0, 0.05) is 16.6 Å². The van der Waals surface area contributed by atoms with Crippen LogP contribution in [0.3, 0.4) is 0 Å². The van der Waals surface area contributed by atoms with E-state index in [2.05, 4.69) is 5.32 Å². The Hall–Kier alpha value is -2.44. The molecule has 0 bridgehead atoms. The molecule has 1 N–H and O–H groups in total. The van der Waals surface area contributed by atoms with E-state index in [0.717, 1.165) is 5.56 Å². The van der Waals surface area contributed by atoms with Gasteiger partial charge in [-0.3, -0.25) is 4.79 Å². The fraction of sp³-hybridized carbons (Fsp3) is 0.263. The zero-order valence-corrected chi connectivity index (χ0v) is 16.4. The molecule has 0 unspecified atom stereocenters. The van der Waals surface area contributed by atoms with Crippen LogP contribution in [0, 0.1) is 0 Å². The van der Waals surface area contributed by atoms with Crippen LogP contribution in [0.5, 0.6) is 11.5 Å². The molecule has 6 nitrogen and oxygen atoms in total. The zero-order valence-electron chi connectivity index (χ0n) is 14.9. The Morgan fingerprint density at radius 1 is 0.963 bits per heavy atom. The van der Waals surface area contributed by atoms with Crippen molar-refractivity contribution >= 4 is 35.1 Å². The van der Waals surface area contributed by atoms with Gasteiger partial charge in [0.2, 0.25) is 0 Å². The summed E-state index contributed by atoms with van der Waals surface area (Å²) >= 11 is 11.7. The standard InChI is InChI=1S/C19H19Cl2NO5/c1-25-16-4-3-12(7-17(16)26-2)5-6-22-18(23)11-27-19(24)13-8-14(20)10-15(21)9-13/h3-4,7-10H,5-6,11H2,1-2H3,(H,22,23). The molecule has 1 amide bonds. The minimum Gasteiger partial charge on any atom is -0.493 e. The number of esters is 1. The van der Waals surface area contributed by atoms with Gasteiger partial charge in [0.1, 0.15) is 0 Å². The smallest absolute Gasteiger partial charge is 0.338 e. The highest BCUT2D eigenvalue weighted by molar-refractivity contribution is 6.35. The van der Waals surface area contributed by atoms with Gasteiger partial charge in [-0.05, 0) is 42.3 Å². The van der Waals surface area contributed by atoms with Gasteiger partial charge in [0.15, 0.2) is 18.1 Å². The van der Waals surface area contributed by atoms with E-state index in [9.17, 15) is 9.59 Å². The number of carbonyl (C=O) groups is 2. The van der Waals surface area contributed by atoms with E-state index in [1.165, 1.54) is 18.2 Å². The molecule has 0 aliphatic heterocycles. The second kappa shape index (κ2) is 10.0. The van der Waals surface area contributed by atoms with Crippen molar-refractivity contribution < 1.29 is 23.8 Å². The molecule has 0 spiro atoms. The van der Waals surface area contributed by atoms with Crippen LogP contribution in [0.4, 0.5) is 0 Å². The fourth-order valence-corrected chi connectivity index (χ4v) is 2.85. The van der Waals surface area contributed by atoms with Crippen molar-refractivity contribution in [1.29, 1.82) is 0 Å². The van der Waals surface area contributed by atoms with Crippen LogP contribution in [0.15, 0.2) is 36.4 Å². The van der Waals surface area contributed by atoms with Crippen LogP contribution in [0.1, 0.15) is 15.9 Å². The van der Waals surface area contributed by atoms with Crippen LogP contribution >= 0.6 is 23.2 Å². The number of methoxy groups -OCH3 is 2. The number of nitrogens with one attached hydrogen (secondary N) is 1. The molecule has 0 aliphatic rings. The van der Waals surface area contributed by atoms with E-state index in [1.54, 1.807) is 20.3 Å². The normalized spacial score (nSPS) is 10.2. The largest absolute Gasteiger partial charge is 0.493 e. The first-order chi connectivity index (χ1) is 12.9. The lowest BCUT2D eigenvalue weighted by molar-refractivity contribution is -0.124. The van der Waals surface area contributed by atoms with Gasteiger partial charge >= 0.3 is 5.97 Å². The van der Waals surface area contributed by atoms with Gasteiger partial charge in [-0.25, -0.2) is 4.79 Å². The predicted octanol–water partition coefficient (Wildman–Crippen LogP) is 3.53. The van der Waals surface area contributed by atoms with Gasteiger partial charge in [-0.2, -0.15) is 0 Å². The van der Waals surface area contributed by atoms with E-state index in [4.69, 9.17) is 37.4 Å². The third-order valence-electron chi connectivity index (χ3n) is 3.62. The summed E-state index contributed by atoms with van der Waals surface area (Å²) in [6, 6.07) is 9.87. The molecular weight excluding hydrogens is 393 g/mol. The Kier molecular flexibility index (Phi) is 7.76. The highest BCUT2D eigenvalue weighted by Crippen LogP contribution is 2.27. The number of benzene rings is 2. The molecular formula is C19H19Cl2NO5. The average Bonchev–Trinajstić information content (AvgIpc) is 2.65. The highest BCUT2D eigenvalue weighted by Gasteiger charge is 2.12. The summed E-state index contributed by atoms with van der Waals surface area (Å²) in [5.41, 5.74) is 1.16. The second-order valence-electron chi connectivity index (χ2n) is 5.52. The molecule has 2 aromatic carbocycles. The van der Waals surface area contributed by atoms with Crippen molar-refractivity contribution in [3.8, 4) is 11.5 Å². The summed E-state index contributed by atoms with van der Waals surface area (Å²) in [4.78, 5) is 23.8. The van der Waals surface area contributed by atoms with Crippen molar-refractivity contribution in [3.63, 3.8) is 0 Å². The predicted molar refractivity (Wildman–Crippen MR) is 103 cm³/mol. The third-order valence-corrected chi connectivity index (χ3v) is 4.05. The van der Waals surface area contributed by atoms with Crippen LogP contribution in [0.25, 0.3) is 0 Å². The van der Waals surface area contributed by atoms with Crippen LogP contribution in [-0.2, 0) is 16.0 Å². The van der Waals surface area contributed by atoms with Crippen molar-refractivity contribution in [1.82, 2.24) is 5.32 Å². The van der Waals surface area contributed by atoms with Crippen LogP contribution in [-0.4, -0.2) is 39.2 Å². The number of hydrogen-bond donors (Lipinski definition) is 1. The molecule has 144 valence electrons. The minimum atomic E-state index is -0.672. The Morgan fingerprint density at radius 2 is 1.63 bits per heavy atom. The molecule has 0 heterocycles. The van der Waals surface area contributed by atoms with Gasteiger partial charge in [-0.1, -0.05) is 29.3 Å². The maximum Gasteiger partial charge on any atom is 0.338 e. The number of rotatable bonds is 8. The number of hydrogen-bond acceptors (Lipinski definition) is 5. The van der Waals surface area contributed by atoms with Gasteiger partial charge in [-0.15, -0.1) is 0 Å². The van der Waals surface area contributed by atoms with E-state index in [0.29, 0.717) is 34.5 Å². The summed E-state index contributed by atoms with van der Waals surface area (Å²) in [6.45, 7) is -0.0102. The first-order valence-corrected chi connectivity index (χ1v) is 8.79. The number of carbonyl (C=O) groups excluding carboxylic acids is 2. The lowest BCUT2D eigenvalue weighted by atomic mass is 10.1. The summed E-state index contributed by atoms with van der Waals surface area (Å²) < 4.78 is 15.4. The summed E-state index contributed by atoms with van der Waals surface area (Å²) in [5, 5.41) is 3.31. The number of halogens is 2. The van der Waals surface area contributed by atoms with Crippen molar-refractivity contribution in [2.45, 2.75) is 6.42 Å². The Morgan fingerprint density at radius 3 is 2.26 bits per heavy atom. The highest BCUT2D eigenvalue weighted by atomic mass is 35.5.